The van der Waals surface area contributed by atoms with Crippen molar-refractivity contribution in [3.05, 3.63) is 23.1 Å². The Bertz CT molecular complexity index is 977. The van der Waals surface area contributed by atoms with Gasteiger partial charge in [-0.05, 0) is 63.0 Å². The van der Waals surface area contributed by atoms with E-state index >= 15 is 0 Å². The van der Waals surface area contributed by atoms with Crippen molar-refractivity contribution in [2.24, 2.45) is 0 Å². The van der Waals surface area contributed by atoms with Crippen molar-refractivity contribution in [3.8, 4) is 0 Å². The normalized spacial score (nSPS) is 20.2. The minimum Gasteiger partial charge on any atom is -0.353 e. The summed E-state index contributed by atoms with van der Waals surface area (Å²) in [5.74, 6) is 1.13. The van der Waals surface area contributed by atoms with Crippen LogP contribution in [0.2, 0.25) is 0 Å². The topological polar surface area (TPSA) is 41.9 Å². The van der Waals surface area contributed by atoms with Crippen molar-refractivity contribution in [1.29, 1.82) is 0 Å². The molecule has 5 rings (SSSR count). The summed E-state index contributed by atoms with van der Waals surface area (Å²) in [6.07, 6.45) is 11.5. The number of pyridine rings is 1. The van der Waals surface area contributed by atoms with E-state index in [1.54, 1.807) is 6.33 Å². The number of anilines is 1. The van der Waals surface area contributed by atoms with Crippen molar-refractivity contribution < 1.29 is 0 Å². The summed E-state index contributed by atoms with van der Waals surface area (Å²) in [5.41, 5.74) is 5.52. The summed E-state index contributed by atoms with van der Waals surface area (Å²) in [7, 11) is 0. The maximum absolute atomic E-state index is 5.11. The van der Waals surface area contributed by atoms with Crippen molar-refractivity contribution >= 4 is 37.6 Å². The molecular weight excluding hydrogens is 340 g/mol. The number of aromatic nitrogens is 3. The Morgan fingerprint density at radius 3 is 2.88 bits per heavy atom. The smallest absolute Gasteiger partial charge is 0.150 e. The van der Waals surface area contributed by atoms with E-state index in [0.29, 0.717) is 6.04 Å². The minimum atomic E-state index is 0.557. The molecule has 26 heavy (non-hydrogen) atoms. The first-order chi connectivity index (χ1) is 12.8. The molecule has 4 heterocycles. The third-order valence-electron chi connectivity index (χ3n) is 6.10. The van der Waals surface area contributed by atoms with Gasteiger partial charge >= 0.3 is 0 Å². The predicted octanol–water partition coefficient (Wildman–Crippen LogP) is 5.06. The number of hydrogen-bond donors (Lipinski definition) is 0. The summed E-state index contributed by atoms with van der Waals surface area (Å²) in [5, 5.41) is 1.32. The van der Waals surface area contributed by atoms with Crippen LogP contribution in [-0.2, 0) is 19.3 Å². The van der Waals surface area contributed by atoms with E-state index in [0.717, 1.165) is 30.7 Å². The van der Waals surface area contributed by atoms with Crippen molar-refractivity contribution in [2.75, 3.05) is 11.4 Å². The van der Waals surface area contributed by atoms with E-state index in [4.69, 9.17) is 15.0 Å². The lowest BCUT2D eigenvalue weighted by molar-refractivity contribution is 0.482. The van der Waals surface area contributed by atoms with E-state index in [2.05, 4.69) is 18.7 Å². The molecule has 1 aliphatic carbocycles. The highest BCUT2D eigenvalue weighted by molar-refractivity contribution is 7.26. The lowest BCUT2D eigenvalue weighted by atomic mass is 10.0. The van der Waals surface area contributed by atoms with Gasteiger partial charge in [0, 0.05) is 23.7 Å². The molecule has 0 saturated carbocycles. The second-order valence-corrected chi connectivity index (χ2v) is 8.81. The van der Waals surface area contributed by atoms with E-state index in [-0.39, 0.29) is 0 Å². The minimum absolute atomic E-state index is 0.557. The van der Waals surface area contributed by atoms with Crippen molar-refractivity contribution in [2.45, 2.75) is 71.3 Å². The van der Waals surface area contributed by atoms with E-state index < -0.39 is 0 Å². The molecule has 3 aromatic rings. The lowest BCUT2D eigenvalue weighted by Gasteiger charge is -2.34. The van der Waals surface area contributed by atoms with Crippen LogP contribution in [0.15, 0.2) is 6.33 Å². The molecule has 2 aliphatic rings. The van der Waals surface area contributed by atoms with Gasteiger partial charge in [-0.1, -0.05) is 13.3 Å². The fourth-order valence-electron chi connectivity index (χ4n) is 4.83. The fourth-order valence-corrected chi connectivity index (χ4v) is 6.01. The number of hydrogen-bond acceptors (Lipinski definition) is 5. The molecule has 0 N–H and O–H groups in total. The highest BCUT2D eigenvalue weighted by atomic mass is 32.1. The molecule has 1 aliphatic heterocycles. The highest BCUT2D eigenvalue weighted by Gasteiger charge is 2.27. The summed E-state index contributed by atoms with van der Waals surface area (Å²) >= 11 is 1.81. The Balaban J connectivity index is 1.76. The van der Waals surface area contributed by atoms with Crippen LogP contribution >= 0.6 is 11.3 Å². The molecule has 1 saturated heterocycles. The fraction of sp³-hybridized carbons (Fsp3) is 0.571. The summed E-state index contributed by atoms with van der Waals surface area (Å²) < 4.78 is 1.24. The number of piperidine rings is 1. The van der Waals surface area contributed by atoms with Gasteiger partial charge in [-0.3, -0.25) is 0 Å². The Kier molecular flexibility index (Phi) is 4.07. The maximum Gasteiger partial charge on any atom is 0.150 e. The molecule has 1 fully saturated rings. The molecule has 4 nitrogen and oxygen atoms in total. The maximum atomic E-state index is 5.11. The number of rotatable bonds is 3. The van der Waals surface area contributed by atoms with E-state index in [1.807, 2.05) is 11.3 Å². The second-order valence-electron chi connectivity index (χ2n) is 7.81. The zero-order valence-corrected chi connectivity index (χ0v) is 16.5. The van der Waals surface area contributed by atoms with Crippen LogP contribution in [0.5, 0.6) is 0 Å². The lowest BCUT2D eigenvalue weighted by Crippen LogP contribution is -2.38. The van der Waals surface area contributed by atoms with Gasteiger partial charge in [-0.2, -0.15) is 0 Å². The molecule has 1 unspecified atom stereocenters. The third kappa shape index (κ3) is 2.43. The average Bonchev–Trinajstić information content (AvgIpc) is 3.26. The molecule has 1 atom stereocenters. The van der Waals surface area contributed by atoms with Gasteiger partial charge in [0.15, 0.2) is 0 Å². The van der Waals surface area contributed by atoms with Crippen LogP contribution in [0.4, 0.5) is 5.82 Å². The zero-order valence-electron chi connectivity index (χ0n) is 15.7. The number of fused-ring (bicyclic) bond motifs is 5. The van der Waals surface area contributed by atoms with Gasteiger partial charge in [-0.15, -0.1) is 11.3 Å². The monoisotopic (exact) mass is 366 g/mol. The van der Waals surface area contributed by atoms with E-state index in [9.17, 15) is 0 Å². The number of thiophene rings is 1. The Labute approximate surface area is 158 Å². The molecule has 136 valence electrons. The largest absolute Gasteiger partial charge is 0.353 e. The first kappa shape index (κ1) is 16.4. The van der Waals surface area contributed by atoms with Crippen LogP contribution in [0.3, 0.4) is 0 Å². The Morgan fingerprint density at radius 2 is 2.04 bits per heavy atom. The van der Waals surface area contributed by atoms with Crippen LogP contribution < -0.4 is 4.90 Å². The molecule has 0 amide bonds. The molecule has 5 heteroatoms. The quantitative estimate of drug-likeness (QED) is 0.650. The van der Waals surface area contributed by atoms with Crippen LogP contribution in [0, 0.1) is 0 Å². The van der Waals surface area contributed by atoms with Gasteiger partial charge in [0.2, 0.25) is 0 Å². The predicted molar refractivity (Wildman–Crippen MR) is 109 cm³/mol. The van der Waals surface area contributed by atoms with Gasteiger partial charge in [0.1, 0.15) is 17.0 Å². The molecule has 0 aromatic carbocycles. The molecule has 0 bridgehead atoms. The van der Waals surface area contributed by atoms with Crippen LogP contribution in [-0.4, -0.2) is 27.5 Å². The van der Waals surface area contributed by atoms with Crippen LogP contribution in [0.1, 0.15) is 62.8 Å². The Morgan fingerprint density at radius 1 is 1.15 bits per heavy atom. The summed E-state index contributed by atoms with van der Waals surface area (Å²) in [4.78, 5) is 18.2. The Hall–Kier alpha value is -1.75. The molecule has 0 spiro atoms. The molecule has 3 aromatic heterocycles. The second kappa shape index (κ2) is 6.45. The van der Waals surface area contributed by atoms with Crippen molar-refractivity contribution in [1.82, 2.24) is 15.0 Å². The first-order valence-electron chi connectivity index (χ1n) is 10.1. The van der Waals surface area contributed by atoms with Crippen LogP contribution in [0.25, 0.3) is 20.4 Å². The molecule has 0 radical (unpaired) electrons. The molecular formula is C21H26N4S. The number of aryl methyl sites for hydroxylation is 2. The van der Waals surface area contributed by atoms with Gasteiger partial charge in [0.05, 0.1) is 10.2 Å². The van der Waals surface area contributed by atoms with Crippen molar-refractivity contribution in [3.63, 3.8) is 0 Å². The standard InChI is InChI=1S/C21H26N4S/c1-3-7-16-14-9-6-10-15(14)17-18-19(26-21(17)24-16)20(23-12-22-18)25-11-5-4-8-13(25)2/h12-13H,3-11H2,1-2H3. The first-order valence-corrected chi connectivity index (χ1v) is 10.9. The summed E-state index contributed by atoms with van der Waals surface area (Å²) in [6, 6.07) is 0.557. The zero-order chi connectivity index (χ0) is 17.7. The summed E-state index contributed by atoms with van der Waals surface area (Å²) in [6.45, 7) is 5.68. The SMILES string of the molecule is CCCc1nc2sc3c(N4CCCCC4C)ncnc3c2c2c1CCC2. The van der Waals surface area contributed by atoms with Gasteiger partial charge in [0.25, 0.3) is 0 Å². The average molecular weight is 367 g/mol. The third-order valence-corrected chi connectivity index (χ3v) is 7.17. The highest BCUT2D eigenvalue weighted by Crippen LogP contribution is 2.42. The van der Waals surface area contributed by atoms with E-state index in [1.165, 1.54) is 70.3 Å². The van der Waals surface area contributed by atoms with Gasteiger partial charge < -0.3 is 4.90 Å². The van der Waals surface area contributed by atoms with Gasteiger partial charge in [-0.25, -0.2) is 15.0 Å². The number of nitrogens with zero attached hydrogens (tertiary/aromatic N) is 4.